The summed E-state index contributed by atoms with van der Waals surface area (Å²) in [5.41, 5.74) is 0.979. The molecule has 0 bridgehead atoms. The highest BCUT2D eigenvalue weighted by Crippen LogP contribution is 2.38. The van der Waals surface area contributed by atoms with E-state index in [0.29, 0.717) is 12.3 Å². The van der Waals surface area contributed by atoms with E-state index in [1.165, 1.54) is 0 Å². The minimum absolute atomic E-state index is 0.0415. The molecule has 3 rings (SSSR count). The predicted molar refractivity (Wildman–Crippen MR) is 78.0 cm³/mol. The second kappa shape index (κ2) is 6.10. The molecule has 1 aromatic rings. The average molecular weight is 297 g/mol. The fourth-order valence-corrected chi connectivity index (χ4v) is 3.99. The smallest absolute Gasteiger partial charge is 0.0897 e. The zero-order valence-electron chi connectivity index (χ0n) is 12.0. The SMILES string of the molecule is Cc1nc(CC(O)C2CCOC3(CCOCC3)C2)cs1. The predicted octanol–water partition coefficient (Wildman–Crippen LogP) is 2.33. The van der Waals surface area contributed by atoms with Crippen LogP contribution in [0.5, 0.6) is 0 Å². The first kappa shape index (κ1) is 14.4. The van der Waals surface area contributed by atoms with Crippen LogP contribution < -0.4 is 0 Å². The van der Waals surface area contributed by atoms with Crippen molar-refractivity contribution in [1.29, 1.82) is 0 Å². The molecule has 4 nitrogen and oxygen atoms in total. The normalized spacial score (nSPS) is 27.6. The lowest BCUT2D eigenvalue weighted by Crippen LogP contribution is -2.47. The van der Waals surface area contributed by atoms with Crippen LogP contribution in [0.1, 0.15) is 36.4 Å². The van der Waals surface area contributed by atoms with Gasteiger partial charge in [0, 0.05) is 31.6 Å². The summed E-state index contributed by atoms with van der Waals surface area (Å²) in [4.78, 5) is 4.46. The average Bonchev–Trinajstić information content (AvgIpc) is 2.85. The van der Waals surface area contributed by atoms with E-state index in [0.717, 1.165) is 56.2 Å². The van der Waals surface area contributed by atoms with Crippen LogP contribution in [0.4, 0.5) is 0 Å². The van der Waals surface area contributed by atoms with Crippen LogP contribution in [0.15, 0.2) is 5.38 Å². The summed E-state index contributed by atoms with van der Waals surface area (Å²) in [5.74, 6) is 0.323. The number of rotatable bonds is 3. The molecular formula is C15H23NO3S. The molecule has 20 heavy (non-hydrogen) atoms. The first-order chi connectivity index (χ1) is 9.67. The van der Waals surface area contributed by atoms with Crippen molar-refractivity contribution in [3.8, 4) is 0 Å². The highest BCUT2D eigenvalue weighted by molar-refractivity contribution is 7.09. The van der Waals surface area contributed by atoms with Gasteiger partial charge in [-0.25, -0.2) is 4.98 Å². The summed E-state index contributed by atoms with van der Waals surface area (Å²) in [5, 5.41) is 13.7. The van der Waals surface area contributed by atoms with Gasteiger partial charge in [0.1, 0.15) is 0 Å². The maximum absolute atomic E-state index is 10.5. The third kappa shape index (κ3) is 3.22. The van der Waals surface area contributed by atoms with Crippen molar-refractivity contribution in [3.05, 3.63) is 16.1 Å². The summed E-state index contributed by atoms with van der Waals surface area (Å²) in [6.45, 7) is 4.34. The largest absolute Gasteiger partial charge is 0.392 e. The minimum Gasteiger partial charge on any atom is -0.392 e. The van der Waals surface area contributed by atoms with Crippen LogP contribution in [-0.4, -0.2) is 41.6 Å². The number of aromatic nitrogens is 1. The van der Waals surface area contributed by atoms with Crippen LogP contribution in [0, 0.1) is 12.8 Å². The van der Waals surface area contributed by atoms with Gasteiger partial charge in [-0.3, -0.25) is 0 Å². The van der Waals surface area contributed by atoms with Crippen molar-refractivity contribution in [2.75, 3.05) is 19.8 Å². The van der Waals surface area contributed by atoms with Crippen LogP contribution in [0.25, 0.3) is 0 Å². The minimum atomic E-state index is -0.305. The molecule has 1 spiro atoms. The number of hydrogen-bond donors (Lipinski definition) is 1. The van der Waals surface area contributed by atoms with Gasteiger partial charge in [-0.05, 0) is 38.5 Å². The fourth-order valence-electron chi connectivity index (χ4n) is 3.37. The number of ether oxygens (including phenoxy) is 2. The Morgan fingerprint density at radius 3 is 2.95 bits per heavy atom. The number of aryl methyl sites for hydroxylation is 1. The molecule has 0 saturated carbocycles. The van der Waals surface area contributed by atoms with E-state index in [9.17, 15) is 5.11 Å². The van der Waals surface area contributed by atoms with Gasteiger partial charge in [-0.2, -0.15) is 0 Å². The molecule has 0 aliphatic carbocycles. The Morgan fingerprint density at radius 2 is 2.25 bits per heavy atom. The molecule has 0 radical (unpaired) electrons. The van der Waals surface area contributed by atoms with Crippen molar-refractivity contribution < 1.29 is 14.6 Å². The van der Waals surface area contributed by atoms with Crippen LogP contribution in [-0.2, 0) is 15.9 Å². The van der Waals surface area contributed by atoms with Gasteiger partial charge < -0.3 is 14.6 Å². The first-order valence-electron chi connectivity index (χ1n) is 7.48. The Kier molecular flexibility index (Phi) is 4.40. The third-order valence-electron chi connectivity index (χ3n) is 4.56. The molecule has 112 valence electrons. The molecule has 0 amide bonds. The summed E-state index contributed by atoms with van der Waals surface area (Å²) in [6.07, 6.45) is 4.20. The maximum Gasteiger partial charge on any atom is 0.0897 e. The molecule has 1 N–H and O–H groups in total. The quantitative estimate of drug-likeness (QED) is 0.930. The standard InChI is InChI=1S/C15H23NO3S/c1-11-16-13(10-20-11)8-14(17)12-2-5-19-15(9-12)3-6-18-7-4-15/h10,12,14,17H,2-9H2,1H3. The summed E-state index contributed by atoms with van der Waals surface area (Å²) in [7, 11) is 0. The second-order valence-electron chi connectivity index (χ2n) is 6.03. The van der Waals surface area contributed by atoms with Gasteiger partial charge in [0.25, 0.3) is 0 Å². The molecule has 2 aliphatic rings. The lowest BCUT2D eigenvalue weighted by molar-refractivity contribution is -0.158. The number of aliphatic hydroxyl groups excluding tert-OH is 1. The Balaban J connectivity index is 1.61. The summed E-state index contributed by atoms with van der Waals surface area (Å²) < 4.78 is 11.5. The van der Waals surface area contributed by atoms with E-state index >= 15 is 0 Å². The number of thiazole rings is 1. The molecular weight excluding hydrogens is 274 g/mol. The van der Waals surface area contributed by atoms with E-state index < -0.39 is 0 Å². The number of hydrogen-bond acceptors (Lipinski definition) is 5. The Labute approximate surface area is 124 Å². The fraction of sp³-hybridized carbons (Fsp3) is 0.800. The monoisotopic (exact) mass is 297 g/mol. The summed E-state index contributed by atoms with van der Waals surface area (Å²) in [6, 6.07) is 0. The molecule has 0 aromatic carbocycles. The van der Waals surface area contributed by atoms with Crippen molar-refractivity contribution in [2.24, 2.45) is 5.92 Å². The highest BCUT2D eigenvalue weighted by atomic mass is 32.1. The van der Waals surface area contributed by atoms with E-state index in [4.69, 9.17) is 9.47 Å². The van der Waals surface area contributed by atoms with E-state index in [-0.39, 0.29) is 11.7 Å². The Bertz CT molecular complexity index is 437. The van der Waals surface area contributed by atoms with Gasteiger partial charge in [-0.1, -0.05) is 0 Å². The van der Waals surface area contributed by atoms with Crippen LogP contribution in [0.2, 0.25) is 0 Å². The third-order valence-corrected chi connectivity index (χ3v) is 5.39. The molecule has 2 fully saturated rings. The molecule has 2 unspecified atom stereocenters. The topological polar surface area (TPSA) is 51.6 Å². The number of nitrogens with zero attached hydrogens (tertiary/aromatic N) is 1. The lowest BCUT2D eigenvalue weighted by Gasteiger charge is -2.44. The second-order valence-corrected chi connectivity index (χ2v) is 7.09. The van der Waals surface area contributed by atoms with E-state index in [2.05, 4.69) is 10.4 Å². The Hall–Kier alpha value is -0.490. The van der Waals surface area contributed by atoms with Gasteiger partial charge >= 0.3 is 0 Å². The molecule has 3 heterocycles. The van der Waals surface area contributed by atoms with Crippen molar-refractivity contribution in [2.45, 2.75) is 50.7 Å². The molecule has 2 aliphatic heterocycles. The van der Waals surface area contributed by atoms with Gasteiger partial charge in [0.2, 0.25) is 0 Å². The molecule has 1 aromatic heterocycles. The van der Waals surface area contributed by atoms with Crippen LogP contribution >= 0.6 is 11.3 Å². The van der Waals surface area contributed by atoms with Gasteiger partial charge in [-0.15, -0.1) is 11.3 Å². The van der Waals surface area contributed by atoms with Gasteiger partial charge in [0.05, 0.1) is 22.4 Å². The Morgan fingerprint density at radius 1 is 1.45 bits per heavy atom. The van der Waals surface area contributed by atoms with Crippen molar-refractivity contribution in [1.82, 2.24) is 4.98 Å². The molecule has 2 atom stereocenters. The van der Waals surface area contributed by atoms with Crippen LogP contribution in [0.3, 0.4) is 0 Å². The van der Waals surface area contributed by atoms with Crippen molar-refractivity contribution in [3.63, 3.8) is 0 Å². The zero-order valence-corrected chi connectivity index (χ0v) is 12.8. The van der Waals surface area contributed by atoms with Crippen molar-refractivity contribution >= 4 is 11.3 Å². The zero-order chi connectivity index (χ0) is 14.0. The molecule has 2 saturated heterocycles. The highest BCUT2D eigenvalue weighted by Gasteiger charge is 2.40. The summed E-state index contributed by atoms with van der Waals surface area (Å²) >= 11 is 1.65. The van der Waals surface area contributed by atoms with E-state index in [1.54, 1.807) is 11.3 Å². The molecule has 5 heteroatoms. The van der Waals surface area contributed by atoms with E-state index in [1.807, 2.05) is 6.92 Å². The maximum atomic E-state index is 10.5. The lowest BCUT2D eigenvalue weighted by atomic mass is 9.78. The number of aliphatic hydroxyl groups is 1. The first-order valence-corrected chi connectivity index (χ1v) is 8.36. The van der Waals surface area contributed by atoms with Gasteiger partial charge in [0.15, 0.2) is 0 Å².